The van der Waals surface area contributed by atoms with Crippen molar-refractivity contribution in [3.8, 4) is 11.5 Å². The zero-order chi connectivity index (χ0) is 24.4. The van der Waals surface area contributed by atoms with E-state index in [0.717, 1.165) is 0 Å². The molecule has 1 aliphatic heterocycles. The lowest BCUT2D eigenvalue weighted by atomic mass is 9.93. The fraction of sp³-hybridized carbons (Fsp3) is 0.185. The van der Waals surface area contributed by atoms with Gasteiger partial charge >= 0.3 is 0 Å². The van der Waals surface area contributed by atoms with E-state index >= 15 is 0 Å². The molecule has 1 heterocycles. The third-order valence-electron chi connectivity index (χ3n) is 5.70. The second kappa shape index (κ2) is 9.61. The van der Waals surface area contributed by atoms with Crippen molar-refractivity contribution in [2.75, 3.05) is 18.6 Å². The zero-order valence-corrected chi connectivity index (χ0v) is 19.8. The normalized spacial score (nSPS) is 17.2. The van der Waals surface area contributed by atoms with Gasteiger partial charge in [0.15, 0.2) is 0 Å². The van der Waals surface area contributed by atoms with Crippen molar-refractivity contribution in [3.05, 3.63) is 94.0 Å². The molecule has 1 amide bonds. The molecule has 1 aliphatic rings. The van der Waals surface area contributed by atoms with Crippen molar-refractivity contribution in [1.29, 1.82) is 0 Å². The van der Waals surface area contributed by atoms with Gasteiger partial charge < -0.3 is 14.6 Å². The number of anilines is 1. The molecule has 0 aliphatic carbocycles. The number of aryl methyl sites for hydroxylation is 1. The van der Waals surface area contributed by atoms with Gasteiger partial charge in [-0.25, -0.2) is 0 Å². The molecule has 1 unspecified atom stereocenters. The van der Waals surface area contributed by atoms with Crippen LogP contribution in [0.4, 0.5) is 5.69 Å². The van der Waals surface area contributed by atoms with Crippen molar-refractivity contribution in [1.82, 2.24) is 0 Å². The number of aliphatic hydroxyl groups excluding tert-OH is 1. The van der Waals surface area contributed by atoms with Crippen LogP contribution in [0.15, 0.2) is 72.3 Å². The summed E-state index contributed by atoms with van der Waals surface area (Å²) in [5, 5.41) is 11.8. The SMILES string of the molecule is CCOc1cccc(C2/C(=C(\O)c3ccc(OC)cc3C)C(=O)C(=O)N2c2cccc(Cl)c2)c1. The third kappa shape index (κ3) is 4.24. The molecule has 3 aromatic rings. The molecule has 7 heteroatoms. The molecule has 0 bridgehead atoms. The molecule has 174 valence electrons. The summed E-state index contributed by atoms with van der Waals surface area (Å²) in [4.78, 5) is 28.0. The predicted octanol–water partition coefficient (Wildman–Crippen LogP) is 5.68. The van der Waals surface area contributed by atoms with Gasteiger partial charge in [-0.1, -0.05) is 29.8 Å². The Morgan fingerprint density at radius 3 is 2.47 bits per heavy atom. The summed E-state index contributed by atoms with van der Waals surface area (Å²) in [6.07, 6.45) is 0. The van der Waals surface area contributed by atoms with E-state index in [1.807, 2.05) is 6.92 Å². The summed E-state index contributed by atoms with van der Waals surface area (Å²) in [6, 6.07) is 18.1. The topological polar surface area (TPSA) is 76.1 Å². The highest BCUT2D eigenvalue weighted by molar-refractivity contribution is 6.51. The molecule has 0 radical (unpaired) electrons. The average Bonchev–Trinajstić information content (AvgIpc) is 3.09. The van der Waals surface area contributed by atoms with Gasteiger partial charge in [0, 0.05) is 16.3 Å². The summed E-state index contributed by atoms with van der Waals surface area (Å²) < 4.78 is 10.9. The van der Waals surface area contributed by atoms with Crippen molar-refractivity contribution < 1.29 is 24.2 Å². The number of amides is 1. The summed E-state index contributed by atoms with van der Waals surface area (Å²) in [7, 11) is 1.55. The largest absolute Gasteiger partial charge is 0.507 e. The van der Waals surface area contributed by atoms with Crippen LogP contribution in [0.1, 0.15) is 29.7 Å². The lowest BCUT2D eigenvalue weighted by Crippen LogP contribution is -2.29. The van der Waals surface area contributed by atoms with Crippen LogP contribution in [-0.2, 0) is 9.59 Å². The lowest BCUT2D eigenvalue weighted by molar-refractivity contribution is -0.132. The second-order valence-electron chi connectivity index (χ2n) is 7.84. The fourth-order valence-corrected chi connectivity index (χ4v) is 4.34. The van der Waals surface area contributed by atoms with Crippen molar-refractivity contribution in [2.24, 2.45) is 0 Å². The van der Waals surface area contributed by atoms with Gasteiger partial charge in [0.25, 0.3) is 11.7 Å². The predicted molar refractivity (Wildman–Crippen MR) is 132 cm³/mol. The van der Waals surface area contributed by atoms with Crippen LogP contribution in [-0.4, -0.2) is 30.5 Å². The molecule has 1 saturated heterocycles. The van der Waals surface area contributed by atoms with Gasteiger partial charge in [-0.05, 0) is 73.5 Å². The Morgan fingerprint density at radius 1 is 1.03 bits per heavy atom. The third-order valence-corrected chi connectivity index (χ3v) is 5.94. The fourth-order valence-electron chi connectivity index (χ4n) is 4.16. The Kier molecular flexibility index (Phi) is 6.61. The van der Waals surface area contributed by atoms with E-state index < -0.39 is 17.7 Å². The van der Waals surface area contributed by atoms with E-state index in [1.54, 1.807) is 80.8 Å². The van der Waals surface area contributed by atoms with Crippen LogP contribution in [0.2, 0.25) is 5.02 Å². The molecule has 0 saturated carbocycles. The van der Waals surface area contributed by atoms with E-state index in [2.05, 4.69) is 0 Å². The number of ketones is 1. The minimum Gasteiger partial charge on any atom is -0.507 e. The van der Waals surface area contributed by atoms with Crippen LogP contribution in [0, 0.1) is 6.92 Å². The molecular formula is C27H24ClNO5. The molecule has 34 heavy (non-hydrogen) atoms. The molecule has 1 atom stereocenters. The van der Waals surface area contributed by atoms with E-state index in [1.165, 1.54) is 4.90 Å². The van der Waals surface area contributed by atoms with Gasteiger partial charge in [0.1, 0.15) is 17.3 Å². The number of hydrogen-bond acceptors (Lipinski definition) is 5. The number of aliphatic hydroxyl groups is 1. The Balaban J connectivity index is 1.96. The summed E-state index contributed by atoms with van der Waals surface area (Å²) in [5.41, 5.74) is 2.21. The monoisotopic (exact) mass is 477 g/mol. The molecule has 1 N–H and O–H groups in total. The molecule has 1 fully saturated rings. The van der Waals surface area contributed by atoms with Crippen molar-refractivity contribution >= 4 is 34.7 Å². The van der Waals surface area contributed by atoms with Gasteiger partial charge in [0.2, 0.25) is 0 Å². The van der Waals surface area contributed by atoms with Gasteiger partial charge in [0.05, 0.1) is 25.3 Å². The van der Waals surface area contributed by atoms with Gasteiger partial charge in [-0.2, -0.15) is 0 Å². The van der Waals surface area contributed by atoms with E-state index in [0.29, 0.717) is 45.5 Å². The number of benzene rings is 3. The smallest absolute Gasteiger partial charge is 0.300 e. The quantitative estimate of drug-likeness (QED) is 0.281. The maximum atomic E-state index is 13.3. The second-order valence-corrected chi connectivity index (χ2v) is 8.27. The van der Waals surface area contributed by atoms with Crippen LogP contribution >= 0.6 is 11.6 Å². The minimum absolute atomic E-state index is 0.00751. The van der Waals surface area contributed by atoms with E-state index in [-0.39, 0.29) is 11.3 Å². The van der Waals surface area contributed by atoms with Crippen LogP contribution in [0.3, 0.4) is 0 Å². The first-order valence-electron chi connectivity index (χ1n) is 10.8. The van der Waals surface area contributed by atoms with Crippen LogP contribution < -0.4 is 14.4 Å². The Bertz CT molecular complexity index is 1300. The molecule has 3 aromatic carbocycles. The van der Waals surface area contributed by atoms with Crippen LogP contribution in [0.5, 0.6) is 11.5 Å². The van der Waals surface area contributed by atoms with E-state index in [4.69, 9.17) is 21.1 Å². The Hall–Kier alpha value is -3.77. The Morgan fingerprint density at radius 2 is 1.79 bits per heavy atom. The van der Waals surface area contributed by atoms with E-state index in [9.17, 15) is 14.7 Å². The highest BCUT2D eigenvalue weighted by Crippen LogP contribution is 2.43. The highest BCUT2D eigenvalue weighted by Gasteiger charge is 2.47. The molecule has 6 nitrogen and oxygen atoms in total. The number of ether oxygens (including phenoxy) is 2. The highest BCUT2D eigenvalue weighted by atomic mass is 35.5. The zero-order valence-electron chi connectivity index (χ0n) is 19.0. The van der Waals surface area contributed by atoms with Crippen molar-refractivity contribution in [2.45, 2.75) is 19.9 Å². The number of nitrogens with zero attached hydrogens (tertiary/aromatic N) is 1. The summed E-state index contributed by atoms with van der Waals surface area (Å²) in [6.45, 7) is 4.13. The lowest BCUT2D eigenvalue weighted by Gasteiger charge is -2.26. The maximum absolute atomic E-state index is 13.3. The standard InChI is InChI=1S/C27H24ClNO5/c1-4-34-21-10-5-7-17(14-21)24-23(25(30)22-12-11-20(33-3)13-16(22)2)26(31)27(32)29(24)19-9-6-8-18(28)15-19/h5-15,24,30H,4H2,1-3H3/b25-23+. The number of methoxy groups -OCH3 is 1. The molecule has 4 rings (SSSR count). The average molecular weight is 478 g/mol. The number of hydrogen-bond donors (Lipinski definition) is 1. The molecular weight excluding hydrogens is 454 g/mol. The first-order chi connectivity index (χ1) is 16.3. The van der Waals surface area contributed by atoms with Crippen LogP contribution in [0.25, 0.3) is 5.76 Å². The Labute approximate surface area is 203 Å². The van der Waals surface area contributed by atoms with Gasteiger partial charge in [-0.3, -0.25) is 14.5 Å². The first kappa shape index (κ1) is 23.4. The molecule has 0 aromatic heterocycles. The number of rotatable bonds is 6. The molecule has 0 spiro atoms. The number of halogens is 1. The summed E-state index contributed by atoms with van der Waals surface area (Å²) >= 11 is 6.20. The first-order valence-corrected chi connectivity index (χ1v) is 11.2. The van der Waals surface area contributed by atoms with Gasteiger partial charge in [-0.15, -0.1) is 0 Å². The summed E-state index contributed by atoms with van der Waals surface area (Å²) in [5.74, 6) is -0.567. The minimum atomic E-state index is -0.875. The maximum Gasteiger partial charge on any atom is 0.300 e. The number of carbonyl (C=O) groups is 2. The number of carbonyl (C=O) groups excluding carboxylic acids is 2. The number of Topliss-reactive ketones (excluding diaryl/α,β-unsaturated/α-hetero) is 1. The van der Waals surface area contributed by atoms with Crippen molar-refractivity contribution in [3.63, 3.8) is 0 Å².